The minimum atomic E-state index is -1.71. The average molecular weight is 793 g/mol. The van der Waals surface area contributed by atoms with Gasteiger partial charge in [-0.05, 0) is 109 Å². The highest BCUT2D eigenvalue weighted by atomic mass is 16.7. The molecule has 0 radical (unpaired) electrons. The highest BCUT2D eigenvalue weighted by Crippen LogP contribution is 2.76. The van der Waals surface area contributed by atoms with Gasteiger partial charge < -0.3 is 54.0 Å². The first kappa shape index (κ1) is 42.4. The molecular weight excluding hydrogens is 724 g/mol. The molecule has 2 heterocycles. The molecule has 0 aromatic carbocycles. The Morgan fingerprint density at radius 2 is 1.43 bits per heavy atom. The van der Waals surface area contributed by atoms with Crippen LogP contribution in [0.25, 0.3) is 0 Å². The first-order valence-electron chi connectivity index (χ1n) is 21.0. The van der Waals surface area contributed by atoms with Crippen LogP contribution in [0.5, 0.6) is 0 Å². The molecule has 7 rings (SSSR count). The fraction of sp³-hybridized carbons (Fsp3) is 0.907. The Kier molecular flexibility index (Phi) is 11.0. The van der Waals surface area contributed by atoms with Gasteiger partial charge in [-0.1, -0.05) is 60.1 Å². The van der Waals surface area contributed by atoms with Crippen molar-refractivity contribution < 1.29 is 63.5 Å². The van der Waals surface area contributed by atoms with Gasteiger partial charge in [-0.25, -0.2) is 4.79 Å². The lowest BCUT2D eigenvalue weighted by atomic mass is 9.33. The van der Waals surface area contributed by atoms with Gasteiger partial charge in [0.1, 0.15) is 36.6 Å². The highest BCUT2D eigenvalue weighted by molar-refractivity contribution is 5.78. The first-order valence-corrected chi connectivity index (χ1v) is 21.0. The van der Waals surface area contributed by atoms with E-state index in [0.29, 0.717) is 12.3 Å². The molecule has 56 heavy (non-hydrogen) atoms. The van der Waals surface area contributed by atoms with Crippen LogP contribution in [-0.2, 0) is 38.0 Å². The largest absolute Gasteiger partial charge is 0.469 e. The van der Waals surface area contributed by atoms with E-state index < -0.39 is 73.3 Å². The van der Waals surface area contributed by atoms with Crippen LogP contribution in [0.3, 0.4) is 0 Å². The predicted octanol–water partition coefficient (Wildman–Crippen LogP) is 3.79. The smallest absolute Gasteiger partial charge is 0.337 e. The topological polar surface area (TPSA) is 191 Å². The maximum Gasteiger partial charge on any atom is 0.337 e. The number of allylic oxidation sites excluding steroid dienone is 2. The number of aliphatic hydroxyl groups is 5. The molecule has 17 atom stereocenters. The molecule has 0 bridgehead atoms. The molecule has 6 fully saturated rings. The number of fused-ring (bicyclic) bond motifs is 7. The number of rotatable bonds is 7. The average Bonchev–Trinajstić information content (AvgIpc) is 3.42. The summed E-state index contributed by atoms with van der Waals surface area (Å²) in [6, 6.07) is 0. The van der Waals surface area contributed by atoms with E-state index in [-0.39, 0.29) is 51.0 Å². The van der Waals surface area contributed by atoms with E-state index in [1.807, 2.05) is 0 Å². The van der Waals surface area contributed by atoms with Gasteiger partial charge in [0.2, 0.25) is 0 Å². The molecule has 318 valence electrons. The van der Waals surface area contributed by atoms with Crippen LogP contribution >= 0.6 is 0 Å². The summed E-state index contributed by atoms with van der Waals surface area (Å²) in [5.74, 6) is -0.0759. The lowest BCUT2D eigenvalue weighted by Gasteiger charge is -2.71. The summed E-state index contributed by atoms with van der Waals surface area (Å²) >= 11 is 0. The third kappa shape index (κ3) is 6.18. The molecule has 0 aromatic heterocycles. The summed E-state index contributed by atoms with van der Waals surface area (Å²) in [6.07, 6.45) is -2.11. The molecular formula is C43H68O13. The molecule has 2 aliphatic heterocycles. The maximum atomic E-state index is 13.6. The van der Waals surface area contributed by atoms with Crippen molar-refractivity contribution in [2.75, 3.05) is 20.8 Å². The molecule has 5 N–H and O–H groups in total. The number of esters is 2. The van der Waals surface area contributed by atoms with Crippen molar-refractivity contribution in [1.29, 1.82) is 0 Å². The van der Waals surface area contributed by atoms with Gasteiger partial charge in [0.15, 0.2) is 18.7 Å². The number of carbonyl (C=O) groups is 2. The Bertz CT molecular complexity index is 1550. The Labute approximate surface area is 331 Å². The number of hydrogen-bond donors (Lipinski definition) is 5. The van der Waals surface area contributed by atoms with E-state index in [0.717, 1.165) is 64.9 Å². The number of ether oxygens (including phenoxy) is 6. The number of methoxy groups -OCH3 is 2. The van der Waals surface area contributed by atoms with Crippen LogP contribution in [0, 0.1) is 50.2 Å². The zero-order valence-corrected chi connectivity index (χ0v) is 34.9. The zero-order chi connectivity index (χ0) is 41.0. The maximum absolute atomic E-state index is 13.6. The molecule has 7 aliphatic rings. The monoisotopic (exact) mass is 792 g/mol. The lowest BCUT2D eigenvalue weighted by Crippen LogP contribution is -2.66. The normalized spacial score (nSPS) is 50.7. The molecule has 13 heteroatoms. The molecule has 0 unspecified atom stereocenters. The highest BCUT2D eigenvalue weighted by Gasteiger charge is 2.70. The zero-order valence-electron chi connectivity index (χ0n) is 34.9. The Morgan fingerprint density at radius 3 is 2.07 bits per heavy atom. The Hall–Kier alpha value is -1.68. The molecule has 4 saturated carbocycles. The van der Waals surface area contributed by atoms with Crippen LogP contribution in [0.4, 0.5) is 0 Å². The van der Waals surface area contributed by atoms with Crippen LogP contribution in [0.15, 0.2) is 11.6 Å². The van der Waals surface area contributed by atoms with Crippen molar-refractivity contribution in [3.8, 4) is 0 Å². The van der Waals surface area contributed by atoms with E-state index in [4.69, 9.17) is 28.4 Å². The van der Waals surface area contributed by atoms with Gasteiger partial charge in [-0.15, -0.1) is 0 Å². The van der Waals surface area contributed by atoms with Crippen molar-refractivity contribution >= 4 is 11.9 Å². The van der Waals surface area contributed by atoms with E-state index >= 15 is 0 Å². The Morgan fingerprint density at radius 1 is 0.768 bits per heavy atom. The predicted molar refractivity (Wildman–Crippen MR) is 201 cm³/mol. The minimum Gasteiger partial charge on any atom is -0.469 e. The second kappa shape index (κ2) is 14.5. The summed E-state index contributed by atoms with van der Waals surface area (Å²) in [5, 5.41) is 53.0. The second-order valence-electron chi connectivity index (χ2n) is 20.6. The van der Waals surface area contributed by atoms with Crippen molar-refractivity contribution in [3.05, 3.63) is 11.6 Å². The molecule has 0 spiro atoms. The fourth-order valence-electron chi connectivity index (χ4n) is 13.7. The summed E-state index contributed by atoms with van der Waals surface area (Å²) in [7, 11) is 2.71. The fourth-order valence-corrected chi connectivity index (χ4v) is 13.7. The van der Waals surface area contributed by atoms with Crippen LogP contribution in [0.2, 0.25) is 0 Å². The van der Waals surface area contributed by atoms with E-state index in [9.17, 15) is 35.1 Å². The van der Waals surface area contributed by atoms with Crippen molar-refractivity contribution in [2.45, 2.75) is 174 Å². The van der Waals surface area contributed by atoms with Gasteiger partial charge in [-0.2, -0.15) is 0 Å². The third-order valence-electron chi connectivity index (χ3n) is 17.2. The third-order valence-corrected chi connectivity index (χ3v) is 17.2. The second-order valence-corrected chi connectivity index (χ2v) is 20.6. The standard InChI is InChI=1S/C43H68O13/c1-38(2)16-18-43(37(50)52-9)19-17-41(6)22(23(43)20-38)10-11-26-40(5)14-13-27(39(3,4)25(40)12-15-42(26,41)7)54-36-31(48)29(46)32(33(56-36)34(49)51-8)55-35-30(47)28(45)24(21-44)53-35/h10,23-33,35-36,44-48H,11-21H2,1-9H3/t23-,24-,25-,26+,27-,28-,29+,30+,31+,32-,33-,35-,36+,40-,41+,42+,43-/m0/s1. The molecule has 0 amide bonds. The van der Waals surface area contributed by atoms with Gasteiger partial charge in [0.25, 0.3) is 0 Å². The SMILES string of the molecule is COC(=O)[C@H]1O[C@@H](O[C@H]2CC[C@]3(C)[C@H]4CC=C5[C@@H]6CC(C)(C)CC[C@]6(C(=O)OC)CC[C@@]5(C)[C@]4(C)CC[C@H]3C2(C)C)[C@H](O)[C@@H](O)[C@@H]1O[C@@H]1O[C@@H](CO)[C@H](O)[C@H]1O. The van der Waals surface area contributed by atoms with Crippen molar-refractivity contribution in [2.24, 2.45) is 50.2 Å². The summed E-state index contributed by atoms with van der Waals surface area (Å²) in [5.41, 5.74) is 0.762. The quantitative estimate of drug-likeness (QED) is 0.142. The molecule has 13 nitrogen and oxygen atoms in total. The number of carbonyl (C=O) groups excluding carboxylic acids is 2. The van der Waals surface area contributed by atoms with Crippen LogP contribution < -0.4 is 0 Å². The van der Waals surface area contributed by atoms with Gasteiger partial charge in [0, 0.05) is 0 Å². The van der Waals surface area contributed by atoms with Gasteiger partial charge in [-0.3, -0.25) is 4.79 Å². The van der Waals surface area contributed by atoms with E-state index in [1.165, 1.54) is 5.57 Å². The molecule has 2 saturated heterocycles. The van der Waals surface area contributed by atoms with Crippen LogP contribution in [-0.4, -0.2) is 120 Å². The van der Waals surface area contributed by atoms with Crippen molar-refractivity contribution in [1.82, 2.24) is 0 Å². The summed E-state index contributed by atoms with van der Waals surface area (Å²) in [6.45, 7) is 16.0. The number of aliphatic hydroxyl groups excluding tert-OH is 5. The summed E-state index contributed by atoms with van der Waals surface area (Å²) < 4.78 is 34.4. The summed E-state index contributed by atoms with van der Waals surface area (Å²) in [4.78, 5) is 26.7. The minimum absolute atomic E-state index is 0.0232. The van der Waals surface area contributed by atoms with Crippen molar-refractivity contribution in [3.63, 3.8) is 0 Å². The van der Waals surface area contributed by atoms with E-state index in [2.05, 4.69) is 54.5 Å². The van der Waals surface area contributed by atoms with E-state index in [1.54, 1.807) is 7.11 Å². The molecule has 5 aliphatic carbocycles. The van der Waals surface area contributed by atoms with Gasteiger partial charge in [0.05, 0.1) is 32.3 Å². The molecule has 0 aromatic rings. The lowest BCUT2D eigenvalue weighted by molar-refractivity contribution is -0.342. The number of hydrogen-bond acceptors (Lipinski definition) is 13. The Balaban J connectivity index is 1.11. The van der Waals surface area contributed by atoms with Crippen LogP contribution in [0.1, 0.15) is 113 Å². The first-order chi connectivity index (χ1) is 26.2. The van der Waals surface area contributed by atoms with Gasteiger partial charge >= 0.3 is 11.9 Å².